The Morgan fingerprint density at radius 2 is 2.35 bits per heavy atom. The number of rotatable bonds is 1. The maximum atomic E-state index is 4.64. The van der Waals surface area contributed by atoms with Crippen LogP contribution in [0.3, 0.4) is 0 Å². The zero-order chi connectivity index (χ0) is 11.7. The van der Waals surface area contributed by atoms with Crippen LogP contribution in [0.25, 0.3) is 5.57 Å². The number of hydrogen-bond donors (Lipinski definition) is 0. The number of nitrogens with zero attached hydrogens (tertiary/aromatic N) is 3. The fourth-order valence-corrected chi connectivity index (χ4v) is 2.40. The molecule has 0 amide bonds. The minimum absolute atomic E-state index is 0.264. The molecule has 17 heavy (non-hydrogen) atoms. The van der Waals surface area contributed by atoms with Crippen LogP contribution in [0.1, 0.15) is 12.0 Å². The third-order valence-corrected chi connectivity index (χ3v) is 3.30. The summed E-state index contributed by atoms with van der Waals surface area (Å²) in [4.78, 5) is 11.0. The van der Waals surface area contributed by atoms with E-state index in [0.29, 0.717) is 5.92 Å². The number of fused-ring (bicyclic) bond motifs is 1. The molecule has 2 unspecified atom stereocenters. The minimum Gasteiger partial charge on any atom is -0.359 e. The standard InChI is InChI=1S/C14H15N3/c1-17-7-3-5-11-8-13(10-16-14(11)17)12-4-2-6-15-9-12/h2-4,6-11,14H,5H2,1H3. The minimum atomic E-state index is 0.264. The number of aliphatic imine (C=N–C) groups is 1. The molecule has 3 rings (SSSR count). The van der Waals surface area contributed by atoms with Crippen LogP contribution in [0.15, 0.2) is 47.9 Å². The average molecular weight is 225 g/mol. The summed E-state index contributed by atoms with van der Waals surface area (Å²) in [6, 6.07) is 4.04. The van der Waals surface area contributed by atoms with Gasteiger partial charge in [0.05, 0.1) is 0 Å². The maximum absolute atomic E-state index is 4.64. The van der Waals surface area contributed by atoms with E-state index in [1.54, 1.807) is 6.20 Å². The molecule has 0 radical (unpaired) electrons. The highest BCUT2D eigenvalue weighted by Crippen LogP contribution is 2.29. The fourth-order valence-electron chi connectivity index (χ4n) is 2.40. The van der Waals surface area contributed by atoms with E-state index >= 15 is 0 Å². The van der Waals surface area contributed by atoms with Crippen molar-refractivity contribution in [2.45, 2.75) is 12.6 Å². The van der Waals surface area contributed by atoms with Crippen molar-refractivity contribution in [2.75, 3.05) is 7.05 Å². The molecule has 3 heteroatoms. The van der Waals surface area contributed by atoms with E-state index in [1.807, 2.05) is 18.5 Å². The van der Waals surface area contributed by atoms with Gasteiger partial charge in [0.25, 0.3) is 0 Å². The van der Waals surface area contributed by atoms with Gasteiger partial charge in [0.15, 0.2) is 0 Å². The Kier molecular flexibility index (Phi) is 2.52. The molecule has 0 bridgehead atoms. The molecular formula is C14H15N3. The summed E-state index contributed by atoms with van der Waals surface area (Å²) in [5.41, 5.74) is 2.33. The second-order valence-corrected chi connectivity index (χ2v) is 4.51. The zero-order valence-corrected chi connectivity index (χ0v) is 9.82. The number of allylic oxidation sites excluding steroid dienone is 2. The van der Waals surface area contributed by atoms with Crippen LogP contribution in [0, 0.1) is 5.92 Å². The second-order valence-electron chi connectivity index (χ2n) is 4.51. The predicted molar refractivity (Wildman–Crippen MR) is 69.5 cm³/mol. The van der Waals surface area contributed by atoms with E-state index in [2.05, 4.69) is 46.3 Å². The van der Waals surface area contributed by atoms with Crippen LogP contribution < -0.4 is 0 Å². The molecule has 1 aromatic rings. The van der Waals surface area contributed by atoms with E-state index in [1.165, 1.54) is 5.57 Å². The molecule has 0 fully saturated rings. The first-order valence-electron chi connectivity index (χ1n) is 5.88. The van der Waals surface area contributed by atoms with E-state index in [-0.39, 0.29) is 6.17 Å². The Labute approximate surface area is 101 Å². The van der Waals surface area contributed by atoms with Crippen LogP contribution in [-0.4, -0.2) is 29.3 Å². The Hall–Kier alpha value is -1.90. The van der Waals surface area contributed by atoms with Gasteiger partial charge in [-0.15, -0.1) is 0 Å². The third kappa shape index (κ3) is 1.88. The largest absolute Gasteiger partial charge is 0.359 e. The molecule has 1 aromatic heterocycles. The molecule has 3 nitrogen and oxygen atoms in total. The molecule has 2 atom stereocenters. The van der Waals surface area contributed by atoms with Crippen LogP contribution in [0.5, 0.6) is 0 Å². The first kappa shape index (κ1) is 10.3. The third-order valence-electron chi connectivity index (χ3n) is 3.30. The van der Waals surface area contributed by atoms with Crippen molar-refractivity contribution in [3.05, 3.63) is 48.4 Å². The topological polar surface area (TPSA) is 28.5 Å². The molecule has 0 aliphatic carbocycles. The van der Waals surface area contributed by atoms with Gasteiger partial charge in [0.1, 0.15) is 6.17 Å². The molecule has 2 aliphatic rings. The van der Waals surface area contributed by atoms with Crippen molar-refractivity contribution < 1.29 is 0 Å². The summed E-state index contributed by atoms with van der Waals surface area (Å²) in [5, 5.41) is 0. The first-order chi connectivity index (χ1) is 8.34. The number of aromatic nitrogens is 1. The van der Waals surface area contributed by atoms with Gasteiger partial charge in [-0.1, -0.05) is 18.2 Å². The summed E-state index contributed by atoms with van der Waals surface area (Å²) < 4.78 is 0. The van der Waals surface area contributed by atoms with Crippen molar-refractivity contribution in [1.82, 2.24) is 9.88 Å². The fraction of sp³-hybridized carbons (Fsp3) is 0.286. The Bertz CT molecular complexity index is 487. The van der Waals surface area contributed by atoms with Gasteiger partial charge >= 0.3 is 0 Å². The molecule has 0 N–H and O–H groups in total. The normalized spacial score (nSPS) is 26.6. The Morgan fingerprint density at radius 3 is 3.18 bits per heavy atom. The van der Waals surface area contributed by atoms with Crippen molar-refractivity contribution >= 4 is 11.8 Å². The lowest BCUT2D eigenvalue weighted by Gasteiger charge is -2.34. The number of pyridine rings is 1. The van der Waals surface area contributed by atoms with E-state index in [9.17, 15) is 0 Å². The van der Waals surface area contributed by atoms with Gasteiger partial charge in [-0.2, -0.15) is 0 Å². The van der Waals surface area contributed by atoms with Crippen LogP contribution in [0.4, 0.5) is 0 Å². The van der Waals surface area contributed by atoms with Gasteiger partial charge in [-0.3, -0.25) is 9.98 Å². The Morgan fingerprint density at radius 1 is 1.41 bits per heavy atom. The van der Waals surface area contributed by atoms with Crippen LogP contribution >= 0.6 is 0 Å². The molecule has 3 heterocycles. The summed E-state index contributed by atoms with van der Waals surface area (Å²) in [6.45, 7) is 0. The molecule has 86 valence electrons. The highest BCUT2D eigenvalue weighted by molar-refractivity contribution is 6.10. The van der Waals surface area contributed by atoms with Gasteiger partial charge < -0.3 is 4.90 Å². The number of hydrogen-bond acceptors (Lipinski definition) is 3. The first-order valence-corrected chi connectivity index (χ1v) is 5.88. The highest BCUT2D eigenvalue weighted by Gasteiger charge is 2.26. The van der Waals surface area contributed by atoms with Crippen molar-refractivity contribution in [2.24, 2.45) is 10.9 Å². The van der Waals surface area contributed by atoms with Gasteiger partial charge in [-0.05, 0) is 24.3 Å². The van der Waals surface area contributed by atoms with Gasteiger partial charge in [-0.25, -0.2) is 0 Å². The molecule has 0 saturated carbocycles. The van der Waals surface area contributed by atoms with E-state index in [0.717, 1.165) is 12.0 Å². The SMILES string of the molecule is CN1C=CCC2C=C(c3cccnc3)C=NC21. The Balaban J connectivity index is 1.91. The van der Waals surface area contributed by atoms with E-state index in [4.69, 9.17) is 0 Å². The monoisotopic (exact) mass is 225 g/mol. The molecule has 0 spiro atoms. The lowest BCUT2D eigenvalue weighted by molar-refractivity contribution is 0.258. The maximum Gasteiger partial charge on any atom is 0.127 e. The summed E-state index contributed by atoms with van der Waals surface area (Å²) in [6.07, 6.45) is 13.6. The lowest BCUT2D eigenvalue weighted by Crippen LogP contribution is -2.36. The molecule has 2 aliphatic heterocycles. The quantitative estimate of drug-likeness (QED) is 0.734. The van der Waals surface area contributed by atoms with Gasteiger partial charge in [0, 0.05) is 37.1 Å². The number of dihydropyridines is 1. The van der Waals surface area contributed by atoms with Crippen molar-refractivity contribution in [3.8, 4) is 0 Å². The van der Waals surface area contributed by atoms with Crippen molar-refractivity contribution in [1.29, 1.82) is 0 Å². The zero-order valence-electron chi connectivity index (χ0n) is 9.82. The molecule has 0 aromatic carbocycles. The lowest BCUT2D eigenvalue weighted by atomic mass is 9.92. The predicted octanol–water partition coefficient (Wildman–Crippen LogP) is 2.34. The van der Waals surface area contributed by atoms with Gasteiger partial charge in [0.2, 0.25) is 0 Å². The highest BCUT2D eigenvalue weighted by atomic mass is 15.2. The van der Waals surface area contributed by atoms with Crippen LogP contribution in [0.2, 0.25) is 0 Å². The second kappa shape index (κ2) is 4.17. The van der Waals surface area contributed by atoms with Crippen LogP contribution in [-0.2, 0) is 0 Å². The smallest absolute Gasteiger partial charge is 0.127 e. The summed E-state index contributed by atoms with van der Waals surface area (Å²) in [5.74, 6) is 0.477. The van der Waals surface area contributed by atoms with Crippen molar-refractivity contribution in [3.63, 3.8) is 0 Å². The molecular weight excluding hydrogens is 210 g/mol. The summed E-state index contributed by atoms with van der Waals surface area (Å²) >= 11 is 0. The van der Waals surface area contributed by atoms with E-state index < -0.39 is 0 Å². The average Bonchev–Trinajstić information content (AvgIpc) is 2.40. The molecule has 0 saturated heterocycles. The summed E-state index contributed by atoms with van der Waals surface area (Å²) in [7, 11) is 2.08.